The fourth-order valence-electron chi connectivity index (χ4n) is 3.33. The molecule has 0 fully saturated rings. The van der Waals surface area contributed by atoms with Crippen LogP contribution < -0.4 is 0 Å². The molecule has 159 valence electrons. The van der Waals surface area contributed by atoms with Gasteiger partial charge in [-0.05, 0) is 5.92 Å². The first kappa shape index (κ1) is 27.2. The summed E-state index contributed by atoms with van der Waals surface area (Å²) in [6, 6.07) is 0. The Hall–Kier alpha value is -0.796. The third-order valence-corrected chi connectivity index (χ3v) is 8.52. The van der Waals surface area contributed by atoms with Crippen molar-refractivity contribution in [3.8, 4) is 0 Å². The van der Waals surface area contributed by atoms with Crippen molar-refractivity contribution in [3.63, 3.8) is 0 Å². The quantitative estimate of drug-likeness (QED) is 0.124. The summed E-state index contributed by atoms with van der Waals surface area (Å²) >= 11 is -3.07. The summed E-state index contributed by atoms with van der Waals surface area (Å²) in [5.41, 5.74) is 0. The molecular weight excluding hydrogens is 384 g/mol. The van der Waals surface area contributed by atoms with E-state index in [4.69, 9.17) is 0 Å². The van der Waals surface area contributed by atoms with Gasteiger partial charge in [-0.25, -0.2) is 0 Å². The zero-order valence-corrected chi connectivity index (χ0v) is 19.8. The van der Waals surface area contributed by atoms with Crippen LogP contribution in [-0.2, 0) is 32.3 Å². The molecule has 0 saturated carbocycles. The average Bonchev–Trinajstić information content (AvgIpc) is 2.67. The van der Waals surface area contributed by atoms with Crippen LogP contribution in [0.2, 0.25) is 0 Å². The molecule has 0 aliphatic rings. The van der Waals surface area contributed by atoms with E-state index in [-0.39, 0.29) is 12.3 Å². The number of hydrogen-bond donors (Lipinski definition) is 0. The second kappa shape index (κ2) is 18.2. The summed E-state index contributed by atoms with van der Waals surface area (Å²) in [5, 5.41) is 0. The Morgan fingerprint density at radius 1 is 0.679 bits per heavy atom. The van der Waals surface area contributed by atoms with Crippen LogP contribution in [0.15, 0.2) is 25.3 Å². The van der Waals surface area contributed by atoms with Crippen molar-refractivity contribution >= 4 is 12.3 Å². The molecule has 28 heavy (non-hydrogen) atoms. The van der Waals surface area contributed by atoms with Gasteiger partial charge in [0, 0.05) is 0 Å². The molecule has 0 bridgehead atoms. The van der Waals surface area contributed by atoms with E-state index in [1.54, 1.807) is 0 Å². The van der Waals surface area contributed by atoms with Gasteiger partial charge < -0.3 is 0 Å². The molecule has 0 aliphatic heterocycles. The predicted octanol–water partition coefficient (Wildman–Crippen LogP) is 6.67. The number of carbonyl (C=O) groups excluding carboxylic acids is 3. The smallest absolute Gasteiger partial charge is 0.0628 e. The number of unbranched alkanes of at least 4 members (excludes halogenated alkanes) is 11. The summed E-state index contributed by atoms with van der Waals surface area (Å²) < 4.78 is -0.840. The van der Waals surface area contributed by atoms with Crippen LogP contribution in [0.5, 0.6) is 0 Å². The van der Waals surface area contributed by atoms with E-state index in [2.05, 4.69) is 27.0 Å². The summed E-state index contributed by atoms with van der Waals surface area (Å²) in [7, 11) is 0. The van der Waals surface area contributed by atoms with Gasteiger partial charge in [0.05, 0.1) is 0 Å². The van der Waals surface area contributed by atoms with Crippen LogP contribution >= 0.6 is 0 Å². The van der Waals surface area contributed by atoms with Gasteiger partial charge >= 0.3 is 140 Å². The Morgan fingerprint density at radius 2 is 1.04 bits per heavy atom. The first-order valence-corrected chi connectivity index (χ1v) is 13.5. The molecule has 0 aromatic rings. The zero-order valence-electron chi connectivity index (χ0n) is 18.3. The van der Waals surface area contributed by atoms with Gasteiger partial charge in [-0.2, -0.15) is 0 Å². The molecule has 0 radical (unpaired) electrons. The van der Waals surface area contributed by atoms with Crippen molar-refractivity contribution in [1.29, 1.82) is 0 Å². The molecule has 0 aromatic carbocycles. The number of allylic oxidation sites excluding steroid dienone is 2. The van der Waals surface area contributed by atoms with Crippen molar-refractivity contribution in [2.24, 2.45) is 5.92 Å². The third kappa shape index (κ3) is 14.2. The summed E-state index contributed by atoms with van der Waals surface area (Å²) in [4.78, 5) is 35.8. The number of hydrogen-bond acceptors (Lipinski definition) is 3. The molecular formula is C24H41O3Ti. The fraction of sp³-hybridized carbons (Fsp3) is 0.708. The van der Waals surface area contributed by atoms with E-state index < -0.39 is 17.9 Å². The van der Waals surface area contributed by atoms with Crippen LogP contribution in [-0.4, -0.2) is 12.3 Å². The summed E-state index contributed by atoms with van der Waals surface area (Å²) in [5.74, 6) is 0.839. The van der Waals surface area contributed by atoms with E-state index in [0.717, 1.165) is 37.3 Å². The topological polar surface area (TPSA) is 51.2 Å². The second-order valence-electron chi connectivity index (χ2n) is 8.11. The third-order valence-electron chi connectivity index (χ3n) is 5.08. The normalized spacial score (nSPS) is 10.7. The van der Waals surface area contributed by atoms with Crippen LogP contribution in [0, 0.1) is 5.92 Å². The summed E-state index contributed by atoms with van der Waals surface area (Å²) in [6.45, 7) is 11.4. The maximum absolute atomic E-state index is 12.2. The van der Waals surface area contributed by atoms with E-state index in [9.17, 15) is 14.4 Å². The predicted molar refractivity (Wildman–Crippen MR) is 115 cm³/mol. The molecule has 0 aliphatic carbocycles. The first-order valence-electron chi connectivity index (χ1n) is 11.2. The summed E-state index contributed by atoms with van der Waals surface area (Å²) in [6.07, 6.45) is 18.9. The molecule has 0 saturated heterocycles. The zero-order chi connectivity index (χ0) is 21.2. The minimum atomic E-state index is -3.07. The molecule has 0 N–H and O–H groups in total. The molecule has 0 aromatic heterocycles. The standard InChI is InChI=1S/C18H35O.2C3H3O.Ti/c1-18(2)16-14-12-10-8-6-4-3-5-7-9-11-13-15-17-19;2*1-2-3-4;/h18H,3-16H2,1-2H3;2*2H,1H2;. The average molecular weight is 425 g/mol. The molecule has 0 spiro atoms. The Kier molecular flexibility index (Phi) is 17.7. The molecule has 0 amide bonds. The van der Waals surface area contributed by atoms with Crippen molar-refractivity contribution in [2.75, 3.05) is 0 Å². The SMILES string of the molecule is C=C[C](=O)[Ti]([C](=O)C=C)[C](=O)CCCCCCCCCCCCCCC(C)C. The van der Waals surface area contributed by atoms with Gasteiger partial charge in [0.25, 0.3) is 0 Å². The molecule has 0 rings (SSSR count). The minimum Gasteiger partial charge on any atom is -0.0628 e. The van der Waals surface area contributed by atoms with Gasteiger partial charge in [-0.3, -0.25) is 0 Å². The van der Waals surface area contributed by atoms with Crippen LogP contribution in [0.4, 0.5) is 0 Å². The van der Waals surface area contributed by atoms with Crippen LogP contribution in [0.3, 0.4) is 0 Å². The van der Waals surface area contributed by atoms with Gasteiger partial charge in [0.2, 0.25) is 0 Å². The van der Waals surface area contributed by atoms with Crippen molar-refractivity contribution < 1.29 is 32.3 Å². The van der Waals surface area contributed by atoms with E-state index >= 15 is 0 Å². The molecule has 0 atom stereocenters. The number of carbonyl (C=O) groups is 3. The minimum absolute atomic E-state index is 0.136. The van der Waals surface area contributed by atoms with E-state index in [0.29, 0.717) is 6.42 Å². The van der Waals surface area contributed by atoms with Crippen LogP contribution in [0.1, 0.15) is 104 Å². The second-order valence-corrected chi connectivity index (χ2v) is 11.7. The monoisotopic (exact) mass is 425 g/mol. The Balaban J connectivity index is 3.59. The van der Waals surface area contributed by atoms with Crippen molar-refractivity contribution in [2.45, 2.75) is 104 Å². The molecule has 3 nitrogen and oxygen atoms in total. The Bertz CT molecular complexity index is 462. The van der Waals surface area contributed by atoms with Gasteiger partial charge in [-0.1, -0.05) is 33.1 Å². The molecule has 0 heterocycles. The van der Waals surface area contributed by atoms with Crippen molar-refractivity contribution in [3.05, 3.63) is 25.3 Å². The van der Waals surface area contributed by atoms with E-state index in [1.807, 2.05) is 0 Å². The first-order chi connectivity index (χ1) is 13.4. The van der Waals surface area contributed by atoms with Gasteiger partial charge in [-0.15, -0.1) is 0 Å². The van der Waals surface area contributed by atoms with Crippen molar-refractivity contribution in [1.82, 2.24) is 0 Å². The molecule has 4 heteroatoms. The van der Waals surface area contributed by atoms with Crippen LogP contribution in [0.25, 0.3) is 0 Å². The maximum atomic E-state index is 12.2. The Labute approximate surface area is 179 Å². The van der Waals surface area contributed by atoms with Gasteiger partial charge in [0.15, 0.2) is 0 Å². The number of rotatable bonds is 20. The van der Waals surface area contributed by atoms with Gasteiger partial charge in [0.1, 0.15) is 0 Å². The van der Waals surface area contributed by atoms with E-state index in [1.165, 1.54) is 64.2 Å². The fourth-order valence-corrected chi connectivity index (χ4v) is 5.87. The molecule has 0 unspecified atom stereocenters. The Morgan fingerprint density at radius 3 is 1.39 bits per heavy atom.